The van der Waals surface area contributed by atoms with Gasteiger partial charge in [-0.2, -0.15) is 5.26 Å². The summed E-state index contributed by atoms with van der Waals surface area (Å²) in [6, 6.07) is 5.65. The van der Waals surface area contributed by atoms with Crippen molar-refractivity contribution in [1.29, 1.82) is 5.26 Å². The monoisotopic (exact) mass is 258 g/mol. The molecule has 0 aliphatic heterocycles. The number of nitriles is 1. The number of halogens is 1. The quantitative estimate of drug-likeness (QED) is 0.572. The molecule has 0 bridgehead atoms. The van der Waals surface area contributed by atoms with Crippen molar-refractivity contribution in [2.24, 2.45) is 0 Å². The van der Waals surface area contributed by atoms with Crippen LogP contribution in [0.25, 0.3) is 0 Å². The molecule has 0 atom stereocenters. The highest BCUT2D eigenvalue weighted by Crippen LogP contribution is 2.18. The molecule has 2 N–H and O–H groups in total. The number of rotatable bonds is 0. The van der Waals surface area contributed by atoms with Gasteiger partial charge in [-0.15, -0.1) is 0 Å². The van der Waals surface area contributed by atoms with E-state index in [9.17, 15) is 0 Å². The summed E-state index contributed by atoms with van der Waals surface area (Å²) in [5.41, 5.74) is 7.80. The maximum absolute atomic E-state index is 8.60. The van der Waals surface area contributed by atoms with Crippen LogP contribution in [0.15, 0.2) is 12.1 Å². The second-order valence-electron chi connectivity index (χ2n) is 2.30. The topological polar surface area (TPSA) is 49.8 Å². The van der Waals surface area contributed by atoms with E-state index in [0.29, 0.717) is 11.3 Å². The van der Waals surface area contributed by atoms with E-state index in [1.54, 1.807) is 6.07 Å². The lowest BCUT2D eigenvalue weighted by Gasteiger charge is -2.00. The highest BCUT2D eigenvalue weighted by molar-refractivity contribution is 14.1. The van der Waals surface area contributed by atoms with Gasteiger partial charge in [-0.3, -0.25) is 0 Å². The molecule has 0 saturated heterocycles. The molecular weight excluding hydrogens is 251 g/mol. The molecule has 0 unspecified atom stereocenters. The molecule has 0 spiro atoms. The zero-order valence-corrected chi connectivity index (χ0v) is 8.21. The Morgan fingerprint density at radius 1 is 1.55 bits per heavy atom. The van der Waals surface area contributed by atoms with Crippen molar-refractivity contribution in [2.75, 3.05) is 5.73 Å². The van der Waals surface area contributed by atoms with E-state index in [1.165, 1.54) is 0 Å². The summed E-state index contributed by atoms with van der Waals surface area (Å²) in [4.78, 5) is 0. The van der Waals surface area contributed by atoms with Gasteiger partial charge in [0.05, 0.1) is 5.56 Å². The van der Waals surface area contributed by atoms with E-state index >= 15 is 0 Å². The van der Waals surface area contributed by atoms with Crippen molar-refractivity contribution >= 4 is 28.3 Å². The van der Waals surface area contributed by atoms with Crippen LogP contribution in [-0.2, 0) is 0 Å². The fourth-order valence-corrected chi connectivity index (χ4v) is 1.27. The van der Waals surface area contributed by atoms with Gasteiger partial charge in [0.1, 0.15) is 6.07 Å². The van der Waals surface area contributed by atoms with Crippen LogP contribution < -0.4 is 5.73 Å². The van der Waals surface area contributed by atoms with Crippen molar-refractivity contribution in [2.45, 2.75) is 6.92 Å². The number of nitrogen functional groups attached to an aromatic ring is 1. The first-order chi connectivity index (χ1) is 5.15. The fourth-order valence-electron chi connectivity index (χ4n) is 0.801. The summed E-state index contributed by atoms with van der Waals surface area (Å²) in [6.07, 6.45) is 0. The first kappa shape index (κ1) is 8.34. The number of hydrogen-bond donors (Lipinski definition) is 1. The SMILES string of the molecule is Cc1cc(N)c(C#N)cc1I. The van der Waals surface area contributed by atoms with Gasteiger partial charge in [-0.25, -0.2) is 0 Å². The van der Waals surface area contributed by atoms with Crippen molar-refractivity contribution in [1.82, 2.24) is 0 Å². The zero-order chi connectivity index (χ0) is 8.43. The molecule has 1 rings (SSSR count). The maximum atomic E-state index is 8.60. The Hall–Kier alpha value is -0.760. The van der Waals surface area contributed by atoms with E-state index in [-0.39, 0.29) is 0 Å². The summed E-state index contributed by atoms with van der Waals surface area (Å²) in [5, 5.41) is 8.60. The minimum atomic E-state index is 0.556. The van der Waals surface area contributed by atoms with Crippen molar-refractivity contribution in [3.8, 4) is 6.07 Å². The van der Waals surface area contributed by atoms with E-state index in [1.807, 2.05) is 19.1 Å². The van der Waals surface area contributed by atoms with E-state index in [2.05, 4.69) is 22.6 Å². The number of nitrogens with two attached hydrogens (primary N) is 1. The van der Waals surface area contributed by atoms with Gasteiger partial charge in [-0.05, 0) is 47.2 Å². The van der Waals surface area contributed by atoms with E-state index in [0.717, 1.165) is 9.13 Å². The summed E-state index contributed by atoms with van der Waals surface area (Å²) in [5.74, 6) is 0. The zero-order valence-electron chi connectivity index (χ0n) is 6.06. The average Bonchev–Trinajstić information content (AvgIpc) is 1.97. The van der Waals surface area contributed by atoms with Crippen molar-refractivity contribution < 1.29 is 0 Å². The fraction of sp³-hybridized carbons (Fsp3) is 0.125. The molecule has 0 amide bonds. The summed E-state index contributed by atoms with van der Waals surface area (Å²) >= 11 is 2.18. The van der Waals surface area contributed by atoms with Crippen LogP contribution in [0.4, 0.5) is 5.69 Å². The van der Waals surface area contributed by atoms with Crippen LogP contribution >= 0.6 is 22.6 Å². The average molecular weight is 258 g/mol. The number of benzene rings is 1. The summed E-state index contributed by atoms with van der Waals surface area (Å²) in [6.45, 7) is 1.97. The molecule has 1 aromatic carbocycles. The van der Waals surface area contributed by atoms with Crippen LogP contribution in [0, 0.1) is 21.8 Å². The third kappa shape index (κ3) is 1.63. The lowest BCUT2D eigenvalue weighted by molar-refractivity contribution is 1.40. The predicted octanol–water partition coefficient (Wildman–Crippen LogP) is 2.05. The van der Waals surface area contributed by atoms with Crippen LogP contribution in [0.1, 0.15) is 11.1 Å². The molecule has 1 aromatic rings. The molecule has 3 heteroatoms. The normalized spacial score (nSPS) is 9.18. The molecule has 2 nitrogen and oxygen atoms in total. The maximum Gasteiger partial charge on any atom is 0.101 e. The van der Waals surface area contributed by atoms with Gasteiger partial charge in [0.2, 0.25) is 0 Å². The van der Waals surface area contributed by atoms with Crippen LogP contribution in [-0.4, -0.2) is 0 Å². The lowest BCUT2D eigenvalue weighted by Crippen LogP contribution is -1.92. The Balaban J connectivity index is 3.35. The van der Waals surface area contributed by atoms with E-state index in [4.69, 9.17) is 11.0 Å². The van der Waals surface area contributed by atoms with Gasteiger partial charge in [0, 0.05) is 9.26 Å². The molecule has 0 aliphatic rings. The Kier molecular flexibility index (Phi) is 2.35. The first-order valence-corrected chi connectivity index (χ1v) is 4.18. The van der Waals surface area contributed by atoms with E-state index < -0.39 is 0 Å². The molecule has 0 fully saturated rings. The molecule has 11 heavy (non-hydrogen) atoms. The lowest BCUT2D eigenvalue weighted by atomic mass is 10.1. The Morgan fingerprint density at radius 2 is 2.18 bits per heavy atom. The standard InChI is InChI=1S/C8H7IN2/c1-5-2-8(11)6(4-10)3-7(5)9/h2-3H,11H2,1H3. The number of hydrogen-bond acceptors (Lipinski definition) is 2. The Morgan fingerprint density at radius 3 is 2.73 bits per heavy atom. The van der Waals surface area contributed by atoms with Crippen molar-refractivity contribution in [3.63, 3.8) is 0 Å². The van der Waals surface area contributed by atoms with Gasteiger partial charge >= 0.3 is 0 Å². The van der Waals surface area contributed by atoms with Gasteiger partial charge in [0.15, 0.2) is 0 Å². The van der Waals surface area contributed by atoms with Gasteiger partial charge in [-0.1, -0.05) is 0 Å². The summed E-state index contributed by atoms with van der Waals surface area (Å²) in [7, 11) is 0. The number of aryl methyl sites for hydroxylation is 1. The second kappa shape index (κ2) is 3.09. The Labute approximate surface area is 79.2 Å². The van der Waals surface area contributed by atoms with Gasteiger partial charge in [0.25, 0.3) is 0 Å². The predicted molar refractivity (Wildman–Crippen MR) is 53.0 cm³/mol. The molecule has 0 saturated carbocycles. The van der Waals surface area contributed by atoms with Crippen LogP contribution in [0.2, 0.25) is 0 Å². The minimum Gasteiger partial charge on any atom is -0.398 e. The second-order valence-corrected chi connectivity index (χ2v) is 3.46. The third-order valence-corrected chi connectivity index (χ3v) is 2.61. The molecule has 56 valence electrons. The van der Waals surface area contributed by atoms with Gasteiger partial charge < -0.3 is 5.73 Å². The highest BCUT2D eigenvalue weighted by Gasteiger charge is 2.00. The van der Waals surface area contributed by atoms with Crippen molar-refractivity contribution in [3.05, 3.63) is 26.8 Å². The number of anilines is 1. The largest absolute Gasteiger partial charge is 0.398 e. The molecular formula is C8H7IN2. The van der Waals surface area contributed by atoms with Crippen LogP contribution in [0.3, 0.4) is 0 Å². The first-order valence-electron chi connectivity index (χ1n) is 3.11. The molecule has 0 heterocycles. The molecule has 0 aliphatic carbocycles. The minimum absolute atomic E-state index is 0.556. The highest BCUT2D eigenvalue weighted by atomic mass is 127. The summed E-state index contributed by atoms with van der Waals surface area (Å²) < 4.78 is 1.08. The third-order valence-electron chi connectivity index (χ3n) is 1.45. The number of nitrogens with zero attached hydrogens (tertiary/aromatic N) is 1. The van der Waals surface area contributed by atoms with Crippen LogP contribution in [0.5, 0.6) is 0 Å². The molecule has 0 radical (unpaired) electrons. The molecule has 0 aromatic heterocycles. The Bertz CT molecular complexity index is 326. The smallest absolute Gasteiger partial charge is 0.101 e.